The molecule has 3 aliphatic rings. The zero-order chi connectivity index (χ0) is 7.47. The van der Waals surface area contributed by atoms with Crippen LogP contribution in [-0.4, -0.2) is 23.9 Å². The van der Waals surface area contributed by atoms with E-state index in [1.165, 1.54) is 19.3 Å². The lowest BCUT2D eigenvalue weighted by atomic mass is 9.48. The number of ether oxygens (including phenoxy) is 1. The van der Waals surface area contributed by atoms with Gasteiger partial charge in [-0.1, -0.05) is 6.42 Å². The molecule has 0 aromatic carbocycles. The molecule has 0 amide bonds. The van der Waals surface area contributed by atoms with Gasteiger partial charge in [0.25, 0.3) is 0 Å². The summed E-state index contributed by atoms with van der Waals surface area (Å²) >= 11 is 0. The summed E-state index contributed by atoms with van der Waals surface area (Å²) in [6.07, 6.45) is 5.21. The molecule has 0 unspecified atom stereocenters. The number of aliphatic hydroxyl groups excluding tert-OH is 1. The second-order valence-electron chi connectivity index (χ2n) is 4.28. The molecule has 3 fully saturated rings. The van der Waals surface area contributed by atoms with Crippen molar-refractivity contribution in [2.24, 2.45) is 11.3 Å². The lowest BCUT2D eigenvalue weighted by molar-refractivity contribution is -0.235. The van der Waals surface area contributed by atoms with Gasteiger partial charge >= 0.3 is 0 Å². The van der Waals surface area contributed by atoms with Gasteiger partial charge < -0.3 is 9.84 Å². The summed E-state index contributed by atoms with van der Waals surface area (Å²) in [5.74, 6) is 0.496. The molecule has 2 saturated carbocycles. The van der Waals surface area contributed by atoms with Crippen LogP contribution < -0.4 is 0 Å². The third-order valence-corrected chi connectivity index (χ3v) is 3.98. The highest BCUT2D eigenvalue weighted by Gasteiger charge is 2.66. The van der Waals surface area contributed by atoms with Crippen molar-refractivity contribution in [2.45, 2.75) is 37.9 Å². The van der Waals surface area contributed by atoms with E-state index in [1.807, 2.05) is 0 Å². The average molecular weight is 154 g/mol. The highest BCUT2D eigenvalue weighted by Crippen LogP contribution is 2.62. The predicted molar refractivity (Wildman–Crippen MR) is 40.1 cm³/mol. The summed E-state index contributed by atoms with van der Waals surface area (Å²) in [6.45, 7) is 0.883. The minimum absolute atomic E-state index is 0.0243. The standard InChI is InChI=1S/C9H14O2/c10-7-6-2-5-11-8(6)9(7)3-1-4-9/h6-8,10H,1-5H2/t6-,7+,8+/m1/s1. The Morgan fingerprint density at radius 3 is 2.82 bits per heavy atom. The molecule has 2 heteroatoms. The van der Waals surface area contributed by atoms with Crippen molar-refractivity contribution in [2.75, 3.05) is 6.61 Å². The maximum atomic E-state index is 9.81. The fraction of sp³-hybridized carbons (Fsp3) is 1.00. The zero-order valence-corrected chi connectivity index (χ0v) is 6.62. The monoisotopic (exact) mass is 154 g/mol. The largest absolute Gasteiger partial charge is 0.392 e. The number of fused-ring (bicyclic) bond motifs is 2. The molecule has 1 saturated heterocycles. The van der Waals surface area contributed by atoms with E-state index in [4.69, 9.17) is 4.74 Å². The topological polar surface area (TPSA) is 29.5 Å². The van der Waals surface area contributed by atoms with E-state index in [1.54, 1.807) is 0 Å². The molecule has 1 spiro atoms. The van der Waals surface area contributed by atoms with Gasteiger partial charge in [0.2, 0.25) is 0 Å². The number of aliphatic hydroxyl groups is 1. The van der Waals surface area contributed by atoms with Crippen molar-refractivity contribution >= 4 is 0 Å². The molecule has 3 rings (SSSR count). The van der Waals surface area contributed by atoms with Gasteiger partial charge in [-0.2, -0.15) is 0 Å². The van der Waals surface area contributed by atoms with E-state index in [0.717, 1.165) is 13.0 Å². The van der Waals surface area contributed by atoms with Crippen LogP contribution in [0.2, 0.25) is 0 Å². The quantitative estimate of drug-likeness (QED) is 0.562. The molecule has 0 bridgehead atoms. The van der Waals surface area contributed by atoms with Crippen molar-refractivity contribution < 1.29 is 9.84 Å². The van der Waals surface area contributed by atoms with Crippen LogP contribution in [0.25, 0.3) is 0 Å². The molecule has 1 aliphatic heterocycles. The van der Waals surface area contributed by atoms with E-state index < -0.39 is 0 Å². The van der Waals surface area contributed by atoms with Gasteiger partial charge in [0.1, 0.15) is 0 Å². The lowest BCUT2D eigenvalue weighted by Gasteiger charge is -2.60. The maximum absolute atomic E-state index is 9.81. The molecule has 1 heterocycles. The van der Waals surface area contributed by atoms with Gasteiger partial charge in [-0.15, -0.1) is 0 Å². The van der Waals surface area contributed by atoms with Gasteiger partial charge in [0.15, 0.2) is 0 Å². The van der Waals surface area contributed by atoms with Crippen LogP contribution in [0.5, 0.6) is 0 Å². The van der Waals surface area contributed by atoms with Crippen LogP contribution in [-0.2, 0) is 4.74 Å². The smallest absolute Gasteiger partial charge is 0.0709 e. The summed E-state index contributed by atoms with van der Waals surface area (Å²) in [7, 11) is 0. The summed E-state index contributed by atoms with van der Waals surface area (Å²) < 4.78 is 5.62. The van der Waals surface area contributed by atoms with Crippen molar-refractivity contribution in [3.63, 3.8) is 0 Å². The van der Waals surface area contributed by atoms with Crippen molar-refractivity contribution in [1.29, 1.82) is 0 Å². The first-order chi connectivity index (χ1) is 5.34. The van der Waals surface area contributed by atoms with Gasteiger partial charge in [-0.25, -0.2) is 0 Å². The Hall–Kier alpha value is -0.0800. The normalized spacial score (nSPS) is 51.5. The Morgan fingerprint density at radius 2 is 2.18 bits per heavy atom. The first kappa shape index (κ1) is 6.44. The van der Waals surface area contributed by atoms with E-state index in [0.29, 0.717) is 12.0 Å². The summed E-state index contributed by atoms with van der Waals surface area (Å²) in [6, 6.07) is 0. The highest BCUT2D eigenvalue weighted by atomic mass is 16.5. The number of hydrogen-bond donors (Lipinski definition) is 1. The first-order valence-electron chi connectivity index (χ1n) is 4.64. The Kier molecular flexibility index (Phi) is 1.06. The molecule has 3 atom stereocenters. The Labute approximate surface area is 66.5 Å². The lowest BCUT2D eigenvalue weighted by Crippen LogP contribution is -2.66. The molecule has 11 heavy (non-hydrogen) atoms. The fourth-order valence-electron chi connectivity index (χ4n) is 3.16. The molecule has 0 aromatic heterocycles. The molecule has 0 aromatic rings. The number of hydrogen-bond acceptors (Lipinski definition) is 2. The second-order valence-corrected chi connectivity index (χ2v) is 4.28. The van der Waals surface area contributed by atoms with E-state index in [2.05, 4.69) is 0 Å². The molecule has 62 valence electrons. The van der Waals surface area contributed by atoms with Crippen LogP contribution in [0.4, 0.5) is 0 Å². The number of rotatable bonds is 0. The average Bonchev–Trinajstić information content (AvgIpc) is 2.29. The van der Waals surface area contributed by atoms with Crippen LogP contribution in [0.3, 0.4) is 0 Å². The zero-order valence-electron chi connectivity index (χ0n) is 6.62. The van der Waals surface area contributed by atoms with Crippen LogP contribution in [0.1, 0.15) is 25.7 Å². The van der Waals surface area contributed by atoms with Crippen molar-refractivity contribution in [3.05, 3.63) is 0 Å². The van der Waals surface area contributed by atoms with Crippen LogP contribution >= 0.6 is 0 Å². The van der Waals surface area contributed by atoms with Gasteiger partial charge in [0.05, 0.1) is 12.2 Å². The Bertz CT molecular complexity index is 186. The summed E-state index contributed by atoms with van der Waals surface area (Å²) in [4.78, 5) is 0. The third-order valence-electron chi connectivity index (χ3n) is 3.98. The SMILES string of the molecule is O[C@H]1[C@H]2CCO[C@@H]2C12CCC2. The Balaban J connectivity index is 1.86. The van der Waals surface area contributed by atoms with E-state index in [-0.39, 0.29) is 11.5 Å². The molecule has 2 nitrogen and oxygen atoms in total. The molecule has 1 N–H and O–H groups in total. The van der Waals surface area contributed by atoms with Crippen LogP contribution in [0, 0.1) is 11.3 Å². The van der Waals surface area contributed by atoms with Gasteiger partial charge in [-0.3, -0.25) is 0 Å². The molecular formula is C9H14O2. The highest BCUT2D eigenvalue weighted by molar-refractivity contribution is 5.15. The summed E-state index contributed by atoms with van der Waals surface area (Å²) in [5.41, 5.74) is 0.237. The molecule has 0 radical (unpaired) electrons. The maximum Gasteiger partial charge on any atom is 0.0709 e. The summed E-state index contributed by atoms with van der Waals surface area (Å²) in [5, 5.41) is 9.81. The third kappa shape index (κ3) is 0.541. The Morgan fingerprint density at radius 1 is 1.36 bits per heavy atom. The fourth-order valence-corrected chi connectivity index (χ4v) is 3.16. The minimum Gasteiger partial charge on any atom is -0.392 e. The van der Waals surface area contributed by atoms with Crippen LogP contribution in [0.15, 0.2) is 0 Å². The minimum atomic E-state index is -0.0243. The second kappa shape index (κ2) is 1.80. The van der Waals surface area contributed by atoms with Gasteiger partial charge in [0, 0.05) is 17.9 Å². The van der Waals surface area contributed by atoms with Crippen molar-refractivity contribution in [1.82, 2.24) is 0 Å². The van der Waals surface area contributed by atoms with Crippen molar-refractivity contribution in [3.8, 4) is 0 Å². The molecular weight excluding hydrogens is 140 g/mol. The van der Waals surface area contributed by atoms with E-state index >= 15 is 0 Å². The predicted octanol–water partition coefficient (Wildman–Crippen LogP) is 0.936. The van der Waals surface area contributed by atoms with E-state index in [9.17, 15) is 5.11 Å². The first-order valence-corrected chi connectivity index (χ1v) is 4.64. The van der Waals surface area contributed by atoms with Gasteiger partial charge in [-0.05, 0) is 19.3 Å². The molecule has 2 aliphatic carbocycles.